The van der Waals surface area contributed by atoms with Crippen molar-refractivity contribution in [1.82, 2.24) is 4.98 Å². The van der Waals surface area contributed by atoms with Crippen molar-refractivity contribution in [3.63, 3.8) is 0 Å². The molecule has 15 heavy (non-hydrogen) atoms. The number of hydrogen-bond donors (Lipinski definition) is 1. The lowest BCUT2D eigenvalue weighted by Gasteiger charge is -2.08. The summed E-state index contributed by atoms with van der Waals surface area (Å²) in [6, 6.07) is 7.00. The maximum atomic E-state index is 13.4. The van der Waals surface area contributed by atoms with E-state index in [1.54, 1.807) is 13.1 Å². The quantitative estimate of drug-likeness (QED) is 0.813. The number of fused-ring (bicyclic) bond motifs is 1. The molecule has 2 rings (SSSR count). The van der Waals surface area contributed by atoms with E-state index in [9.17, 15) is 4.39 Å². The molecule has 0 aliphatic rings. The first kappa shape index (κ1) is 9.90. The van der Waals surface area contributed by atoms with E-state index in [1.807, 2.05) is 12.1 Å². The monoisotopic (exact) mass is 204 g/mol. The summed E-state index contributed by atoms with van der Waals surface area (Å²) in [5.74, 6) is 0.488. The largest absolute Gasteiger partial charge is 0.373 e. The number of benzene rings is 1. The van der Waals surface area contributed by atoms with Crippen molar-refractivity contribution in [3.05, 3.63) is 35.6 Å². The predicted octanol–water partition coefficient (Wildman–Crippen LogP) is 2.98. The lowest BCUT2D eigenvalue weighted by atomic mass is 10.1. The van der Waals surface area contributed by atoms with Crippen LogP contribution in [0.3, 0.4) is 0 Å². The van der Waals surface area contributed by atoms with Gasteiger partial charge in [-0.2, -0.15) is 0 Å². The highest BCUT2D eigenvalue weighted by molar-refractivity contribution is 5.82. The molecule has 0 saturated carbocycles. The van der Waals surface area contributed by atoms with E-state index in [0.717, 1.165) is 23.2 Å². The van der Waals surface area contributed by atoms with E-state index < -0.39 is 0 Å². The van der Waals surface area contributed by atoms with Gasteiger partial charge in [0.25, 0.3) is 0 Å². The lowest BCUT2D eigenvalue weighted by molar-refractivity contribution is 0.637. The molecule has 0 radical (unpaired) electrons. The lowest BCUT2D eigenvalue weighted by Crippen LogP contribution is -1.99. The van der Waals surface area contributed by atoms with Crippen molar-refractivity contribution in [2.75, 3.05) is 12.4 Å². The number of aryl methyl sites for hydroxylation is 1. The molecule has 0 aliphatic heterocycles. The Morgan fingerprint density at radius 3 is 2.87 bits per heavy atom. The summed E-state index contributed by atoms with van der Waals surface area (Å²) < 4.78 is 13.4. The average molecular weight is 204 g/mol. The summed E-state index contributed by atoms with van der Waals surface area (Å²) >= 11 is 0. The van der Waals surface area contributed by atoms with E-state index in [2.05, 4.69) is 17.2 Å². The number of halogens is 1. The van der Waals surface area contributed by atoms with Crippen LogP contribution in [0.5, 0.6) is 0 Å². The zero-order chi connectivity index (χ0) is 10.8. The molecule has 3 heteroatoms. The van der Waals surface area contributed by atoms with Crippen LogP contribution in [0.4, 0.5) is 10.2 Å². The smallest absolute Gasteiger partial charge is 0.149 e. The van der Waals surface area contributed by atoms with Crippen LogP contribution in [0.1, 0.15) is 12.5 Å². The Hall–Kier alpha value is -1.64. The molecule has 1 aromatic carbocycles. The maximum Gasteiger partial charge on any atom is 0.149 e. The molecule has 78 valence electrons. The average Bonchev–Trinajstić information content (AvgIpc) is 2.28. The van der Waals surface area contributed by atoms with Gasteiger partial charge in [-0.05, 0) is 24.1 Å². The fourth-order valence-corrected chi connectivity index (χ4v) is 1.69. The van der Waals surface area contributed by atoms with Gasteiger partial charge in [-0.1, -0.05) is 19.1 Å². The molecule has 0 bridgehead atoms. The van der Waals surface area contributed by atoms with Crippen LogP contribution in [0, 0.1) is 5.82 Å². The molecule has 2 aromatic rings. The SMILES string of the molecule is CCc1cc2cccc(F)c2nc1NC. The minimum atomic E-state index is -0.272. The predicted molar refractivity (Wildman–Crippen MR) is 60.6 cm³/mol. The van der Waals surface area contributed by atoms with Gasteiger partial charge in [-0.25, -0.2) is 9.37 Å². The fourth-order valence-electron chi connectivity index (χ4n) is 1.69. The van der Waals surface area contributed by atoms with Gasteiger partial charge in [0.05, 0.1) is 0 Å². The van der Waals surface area contributed by atoms with E-state index in [0.29, 0.717) is 5.52 Å². The highest BCUT2D eigenvalue weighted by Crippen LogP contribution is 2.22. The summed E-state index contributed by atoms with van der Waals surface area (Å²) in [4.78, 5) is 4.28. The number of para-hydroxylation sites is 1. The second-order valence-corrected chi connectivity index (χ2v) is 3.41. The third kappa shape index (κ3) is 1.65. The number of hydrogen-bond acceptors (Lipinski definition) is 2. The molecule has 0 unspecified atom stereocenters. The van der Waals surface area contributed by atoms with Crippen LogP contribution in [0.25, 0.3) is 10.9 Å². The van der Waals surface area contributed by atoms with Crippen LogP contribution in [0.2, 0.25) is 0 Å². The Kier molecular flexibility index (Phi) is 2.54. The van der Waals surface area contributed by atoms with Crippen LogP contribution >= 0.6 is 0 Å². The van der Waals surface area contributed by atoms with Gasteiger partial charge in [-0.3, -0.25) is 0 Å². The van der Waals surface area contributed by atoms with Gasteiger partial charge in [0, 0.05) is 12.4 Å². The van der Waals surface area contributed by atoms with Crippen molar-refractivity contribution < 1.29 is 4.39 Å². The zero-order valence-electron chi connectivity index (χ0n) is 8.84. The van der Waals surface area contributed by atoms with E-state index >= 15 is 0 Å². The number of pyridine rings is 1. The van der Waals surface area contributed by atoms with Crippen molar-refractivity contribution in [2.24, 2.45) is 0 Å². The molecule has 1 heterocycles. The van der Waals surface area contributed by atoms with Gasteiger partial charge in [-0.15, -0.1) is 0 Å². The first-order valence-electron chi connectivity index (χ1n) is 5.02. The Morgan fingerprint density at radius 1 is 1.40 bits per heavy atom. The molecule has 0 atom stereocenters. The second-order valence-electron chi connectivity index (χ2n) is 3.41. The summed E-state index contributed by atoms with van der Waals surface area (Å²) in [5, 5.41) is 3.84. The van der Waals surface area contributed by atoms with E-state index in [4.69, 9.17) is 0 Å². The number of aromatic nitrogens is 1. The Labute approximate surface area is 88.1 Å². The van der Waals surface area contributed by atoms with Crippen molar-refractivity contribution in [1.29, 1.82) is 0 Å². The highest BCUT2D eigenvalue weighted by atomic mass is 19.1. The number of nitrogens with one attached hydrogen (secondary N) is 1. The molecule has 0 saturated heterocycles. The number of anilines is 1. The molecule has 1 aromatic heterocycles. The Balaban J connectivity index is 2.75. The minimum absolute atomic E-state index is 0.272. The normalized spacial score (nSPS) is 10.6. The van der Waals surface area contributed by atoms with Gasteiger partial charge in [0.1, 0.15) is 17.2 Å². The topological polar surface area (TPSA) is 24.9 Å². The van der Waals surface area contributed by atoms with Crippen LogP contribution in [-0.2, 0) is 6.42 Å². The summed E-state index contributed by atoms with van der Waals surface area (Å²) in [5.41, 5.74) is 1.54. The molecular weight excluding hydrogens is 191 g/mol. The van der Waals surface area contributed by atoms with Gasteiger partial charge in [0.2, 0.25) is 0 Å². The highest BCUT2D eigenvalue weighted by Gasteiger charge is 2.06. The standard InChI is InChI=1S/C12H13FN2/c1-3-8-7-9-5-4-6-10(13)11(9)15-12(8)14-2/h4-7H,3H2,1-2H3,(H,14,15). The molecule has 2 nitrogen and oxygen atoms in total. The van der Waals surface area contributed by atoms with Crippen LogP contribution in [0.15, 0.2) is 24.3 Å². The summed E-state index contributed by atoms with van der Waals surface area (Å²) in [6.07, 6.45) is 0.885. The zero-order valence-corrected chi connectivity index (χ0v) is 8.84. The minimum Gasteiger partial charge on any atom is -0.373 e. The number of nitrogens with zero attached hydrogens (tertiary/aromatic N) is 1. The molecule has 0 spiro atoms. The van der Waals surface area contributed by atoms with Crippen LogP contribution in [-0.4, -0.2) is 12.0 Å². The van der Waals surface area contributed by atoms with E-state index in [-0.39, 0.29) is 5.82 Å². The summed E-state index contributed by atoms with van der Waals surface area (Å²) in [6.45, 7) is 2.06. The Morgan fingerprint density at radius 2 is 2.20 bits per heavy atom. The van der Waals surface area contributed by atoms with Crippen molar-refractivity contribution >= 4 is 16.7 Å². The molecular formula is C12H13FN2. The fraction of sp³-hybridized carbons (Fsp3) is 0.250. The molecule has 0 amide bonds. The molecule has 0 aliphatic carbocycles. The van der Waals surface area contributed by atoms with Gasteiger partial charge >= 0.3 is 0 Å². The second kappa shape index (κ2) is 3.85. The third-order valence-corrected chi connectivity index (χ3v) is 2.49. The third-order valence-electron chi connectivity index (χ3n) is 2.49. The van der Waals surface area contributed by atoms with Crippen molar-refractivity contribution in [3.8, 4) is 0 Å². The van der Waals surface area contributed by atoms with Gasteiger partial charge in [0.15, 0.2) is 0 Å². The Bertz CT molecular complexity index is 494. The van der Waals surface area contributed by atoms with Crippen LogP contribution < -0.4 is 5.32 Å². The van der Waals surface area contributed by atoms with E-state index in [1.165, 1.54) is 6.07 Å². The maximum absolute atomic E-state index is 13.4. The first-order chi connectivity index (χ1) is 7.26. The molecule has 0 fully saturated rings. The first-order valence-corrected chi connectivity index (χ1v) is 5.02. The van der Waals surface area contributed by atoms with Gasteiger partial charge < -0.3 is 5.32 Å². The van der Waals surface area contributed by atoms with Crippen molar-refractivity contribution in [2.45, 2.75) is 13.3 Å². The number of rotatable bonds is 2. The summed E-state index contributed by atoms with van der Waals surface area (Å²) in [7, 11) is 1.80. The molecule has 1 N–H and O–H groups in total.